The Morgan fingerprint density at radius 3 is 1.00 bits per heavy atom. The van der Waals surface area contributed by atoms with Crippen LogP contribution in [-0.2, 0) is 19.5 Å². The predicted octanol–water partition coefficient (Wildman–Crippen LogP) is -4.33. The Morgan fingerprint density at radius 1 is 1.00 bits per heavy atom. The van der Waals surface area contributed by atoms with E-state index in [4.69, 9.17) is 15.1 Å². The smallest absolute Gasteiger partial charge is 0.907 e. The van der Waals surface area contributed by atoms with Crippen molar-refractivity contribution in [3.63, 3.8) is 0 Å². The van der Waals surface area contributed by atoms with Crippen LogP contribution in [0, 0.1) is 0 Å². The minimum absolute atomic E-state index is 0. The third-order valence-corrected chi connectivity index (χ3v) is 0. The summed E-state index contributed by atoms with van der Waals surface area (Å²) in [5.41, 5.74) is 0. The molecule has 0 heterocycles. The molecule has 0 aliphatic heterocycles. The molecule has 0 aromatic rings. The van der Waals surface area contributed by atoms with Crippen LogP contribution in [0.4, 0.5) is 0 Å². The molecule has 0 amide bonds. The molecule has 0 fully saturated rings. The molecule has 0 unspecified atom stereocenters. The maximum Gasteiger partial charge on any atom is 2.00 e. The van der Waals surface area contributed by atoms with Crippen LogP contribution in [0.5, 0.6) is 0 Å². The van der Waals surface area contributed by atoms with Crippen LogP contribution in [0.15, 0.2) is 0 Å². The average Bonchev–Trinajstić information content (AvgIpc) is 0.811. The van der Waals surface area contributed by atoms with Crippen molar-refractivity contribution in [2.75, 3.05) is 0 Å². The quantitative estimate of drug-likeness (QED) is 0.414. The van der Waals surface area contributed by atoms with Crippen molar-refractivity contribution in [2.45, 2.75) is 0 Å². The standard InChI is InChI=1S/BO3.Ba.Zn/c2-1(3)4;;/q-3;2*+2. The molecule has 0 saturated carbocycles. The summed E-state index contributed by atoms with van der Waals surface area (Å²) in [6.45, 7) is 0. The van der Waals surface area contributed by atoms with Crippen molar-refractivity contribution in [3.05, 3.63) is 0 Å². The van der Waals surface area contributed by atoms with E-state index < -0.39 is 7.32 Å². The molecular formula is BBaO3Zn+. The van der Waals surface area contributed by atoms with Crippen molar-refractivity contribution in [3.8, 4) is 0 Å². The van der Waals surface area contributed by atoms with Crippen LogP contribution in [0.3, 0.4) is 0 Å². The molecule has 0 aliphatic rings. The van der Waals surface area contributed by atoms with E-state index in [-0.39, 0.29) is 68.4 Å². The zero-order chi connectivity index (χ0) is 3.58. The van der Waals surface area contributed by atoms with Crippen molar-refractivity contribution >= 4 is 56.2 Å². The van der Waals surface area contributed by atoms with Gasteiger partial charge in [-0.25, -0.2) is 0 Å². The Balaban J connectivity index is -0.0000000450. The van der Waals surface area contributed by atoms with Gasteiger partial charge in [-0.05, 0) is 0 Å². The monoisotopic (exact) mass is 261 g/mol. The fourth-order valence-corrected chi connectivity index (χ4v) is 0. The second-order valence-electron chi connectivity index (χ2n) is 0.289. The van der Waals surface area contributed by atoms with Crippen LogP contribution in [0.25, 0.3) is 0 Å². The van der Waals surface area contributed by atoms with Gasteiger partial charge in [0.1, 0.15) is 0 Å². The van der Waals surface area contributed by atoms with E-state index in [0.29, 0.717) is 0 Å². The molecule has 0 bridgehead atoms. The zero-order valence-corrected chi connectivity index (χ0v) is 10.6. The second kappa shape index (κ2) is 10.2. The van der Waals surface area contributed by atoms with E-state index >= 15 is 0 Å². The van der Waals surface area contributed by atoms with Gasteiger partial charge in [0.25, 0.3) is 0 Å². The van der Waals surface area contributed by atoms with Crippen molar-refractivity contribution in [1.82, 2.24) is 0 Å². The maximum absolute atomic E-state index is 8.42. The topological polar surface area (TPSA) is 69.2 Å². The molecule has 24 valence electrons. The molecule has 0 atom stereocenters. The SMILES string of the molecule is [Ba+2].[O-]B([O-])[O-].[Zn+2]. The van der Waals surface area contributed by atoms with E-state index in [1.54, 1.807) is 0 Å². The summed E-state index contributed by atoms with van der Waals surface area (Å²) < 4.78 is 0. The Bertz CT molecular complexity index is 15.5. The number of hydrogen-bond donors (Lipinski definition) is 0. The fraction of sp³-hybridized carbons (Fsp3) is 0. The third kappa shape index (κ3) is 35.4. The van der Waals surface area contributed by atoms with E-state index in [0.717, 1.165) is 0 Å². The molecular weight excluding hydrogens is 262 g/mol. The van der Waals surface area contributed by atoms with Crippen LogP contribution < -0.4 is 15.1 Å². The third-order valence-electron chi connectivity index (χ3n) is 0. The number of hydrogen-bond acceptors (Lipinski definition) is 3. The van der Waals surface area contributed by atoms with Gasteiger partial charge in [-0.15, -0.1) is 0 Å². The maximum atomic E-state index is 8.42. The van der Waals surface area contributed by atoms with Crippen molar-refractivity contribution in [2.24, 2.45) is 0 Å². The van der Waals surface area contributed by atoms with E-state index in [1.807, 2.05) is 0 Å². The zero-order valence-electron chi connectivity index (χ0n) is 3.22. The predicted molar refractivity (Wildman–Crippen MR) is 11.5 cm³/mol. The molecule has 6 heteroatoms. The van der Waals surface area contributed by atoms with Gasteiger partial charge in [0.2, 0.25) is 0 Å². The van der Waals surface area contributed by atoms with Gasteiger partial charge in [-0.2, -0.15) is 0 Å². The largest absolute Gasteiger partial charge is 2.00 e. The van der Waals surface area contributed by atoms with Crippen LogP contribution in [0.2, 0.25) is 0 Å². The Labute approximate surface area is 89.1 Å². The van der Waals surface area contributed by atoms with Gasteiger partial charge in [0.15, 0.2) is 0 Å². The average molecular weight is 262 g/mol. The molecule has 0 aromatic heterocycles. The summed E-state index contributed by atoms with van der Waals surface area (Å²) in [7, 11) is -2.92. The van der Waals surface area contributed by atoms with Crippen LogP contribution >= 0.6 is 0 Å². The second-order valence-corrected chi connectivity index (χ2v) is 0.289. The summed E-state index contributed by atoms with van der Waals surface area (Å²) in [4.78, 5) is 0. The van der Waals surface area contributed by atoms with Crippen molar-refractivity contribution in [1.29, 1.82) is 0 Å². The minimum atomic E-state index is -2.92. The van der Waals surface area contributed by atoms with Gasteiger partial charge in [0, 0.05) is 0 Å². The van der Waals surface area contributed by atoms with Gasteiger partial charge in [0.05, 0.1) is 0 Å². The van der Waals surface area contributed by atoms with E-state index in [1.165, 1.54) is 0 Å². The first-order valence-electron chi connectivity index (χ1n) is 0.707. The summed E-state index contributed by atoms with van der Waals surface area (Å²) in [5, 5.41) is 25.2. The summed E-state index contributed by atoms with van der Waals surface area (Å²) in [5.74, 6) is 0. The summed E-state index contributed by atoms with van der Waals surface area (Å²) >= 11 is 0. The molecule has 0 radical (unpaired) electrons. The first-order chi connectivity index (χ1) is 1.73. The normalized spacial score (nSPS) is 4.50. The van der Waals surface area contributed by atoms with Gasteiger partial charge in [-0.3, -0.25) is 7.32 Å². The van der Waals surface area contributed by atoms with Gasteiger partial charge < -0.3 is 15.1 Å². The van der Waals surface area contributed by atoms with E-state index in [2.05, 4.69) is 0 Å². The van der Waals surface area contributed by atoms with E-state index in [9.17, 15) is 0 Å². The fourth-order valence-electron chi connectivity index (χ4n) is 0. The molecule has 6 heavy (non-hydrogen) atoms. The molecule has 0 N–H and O–H groups in total. The van der Waals surface area contributed by atoms with Gasteiger partial charge >= 0.3 is 68.4 Å². The first-order valence-corrected chi connectivity index (χ1v) is 0.707. The first kappa shape index (κ1) is 15.7. The summed E-state index contributed by atoms with van der Waals surface area (Å²) in [6.07, 6.45) is 0. The van der Waals surface area contributed by atoms with Crippen molar-refractivity contribution < 1.29 is 34.6 Å². The Hall–Kier alpha value is 2.14. The Kier molecular flexibility index (Phi) is 26.7. The van der Waals surface area contributed by atoms with Crippen LogP contribution in [0.1, 0.15) is 0 Å². The number of rotatable bonds is 0. The molecule has 3 nitrogen and oxygen atoms in total. The molecule has 0 saturated heterocycles. The Morgan fingerprint density at radius 2 is 1.00 bits per heavy atom. The molecule has 0 aromatic carbocycles. The molecule has 0 aliphatic carbocycles. The summed E-state index contributed by atoms with van der Waals surface area (Å²) in [6, 6.07) is 0. The minimum Gasteiger partial charge on any atom is -0.907 e. The van der Waals surface area contributed by atoms with Crippen LogP contribution in [-0.4, -0.2) is 56.2 Å². The molecule has 0 spiro atoms. The van der Waals surface area contributed by atoms with Gasteiger partial charge in [-0.1, -0.05) is 0 Å². The molecule has 0 rings (SSSR count).